The molecule has 0 radical (unpaired) electrons. The van der Waals surface area contributed by atoms with E-state index in [1.807, 2.05) is 19.2 Å². The van der Waals surface area contributed by atoms with E-state index in [4.69, 9.17) is 4.42 Å². The molecule has 0 atom stereocenters. The molecule has 0 fully saturated rings. The smallest absolute Gasteiger partial charge is 0.408 e. The van der Waals surface area contributed by atoms with Gasteiger partial charge in [0.05, 0.1) is 16.1 Å². The van der Waals surface area contributed by atoms with Gasteiger partial charge in [-0.3, -0.25) is 4.98 Å². The fraction of sp³-hybridized carbons (Fsp3) is 0.235. The van der Waals surface area contributed by atoms with Crippen LogP contribution >= 0.6 is 0 Å². The molecule has 0 amide bonds. The molecule has 0 saturated heterocycles. The van der Waals surface area contributed by atoms with Crippen LogP contribution in [0.4, 0.5) is 0 Å². The summed E-state index contributed by atoms with van der Waals surface area (Å²) in [5.41, 5.74) is 3.31. The Morgan fingerprint density at radius 1 is 1.30 bits per heavy atom. The van der Waals surface area contributed by atoms with Gasteiger partial charge in [0.2, 0.25) is 10.0 Å². The highest BCUT2D eigenvalue weighted by Crippen LogP contribution is 2.16. The second-order valence-electron chi connectivity index (χ2n) is 6.22. The largest absolute Gasteiger partial charge is 0.417 e. The number of aromatic nitrogens is 4. The standard InChI is InChI=1S/C17H17N5O4S/c1-11-7-16-18-9-12(10-22(16)21-11)3-2-6-19-27(24,25)13-4-5-15-14(8-13)20-17(23)26-15/h4-5,7-10,19H,2-3,6H2,1H3,(H,20,23). The molecule has 4 rings (SSSR count). The Morgan fingerprint density at radius 3 is 3.00 bits per heavy atom. The summed E-state index contributed by atoms with van der Waals surface area (Å²) in [5.74, 6) is -0.620. The molecular formula is C17H17N5O4S. The van der Waals surface area contributed by atoms with Gasteiger partial charge in [-0.05, 0) is 43.5 Å². The fourth-order valence-corrected chi connectivity index (χ4v) is 3.94. The Bertz CT molecular complexity index is 1290. The summed E-state index contributed by atoms with van der Waals surface area (Å²) in [5, 5.41) is 4.32. The third-order valence-corrected chi connectivity index (χ3v) is 5.58. The number of sulfonamides is 1. The van der Waals surface area contributed by atoms with E-state index in [9.17, 15) is 13.2 Å². The van der Waals surface area contributed by atoms with Crippen LogP contribution in [0.3, 0.4) is 0 Å². The molecule has 0 aliphatic heterocycles. The third kappa shape index (κ3) is 3.62. The summed E-state index contributed by atoms with van der Waals surface area (Å²) in [7, 11) is -3.68. The van der Waals surface area contributed by atoms with Gasteiger partial charge in [0.1, 0.15) is 0 Å². The summed E-state index contributed by atoms with van der Waals surface area (Å²) in [6, 6.07) is 6.12. The minimum absolute atomic E-state index is 0.0714. The topological polar surface area (TPSA) is 122 Å². The van der Waals surface area contributed by atoms with Gasteiger partial charge in [0.25, 0.3) is 0 Å². The maximum atomic E-state index is 12.4. The lowest BCUT2D eigenvalue weighted by molar-refractivity contribution is 0.555. The van der Waals surface area contributed by atoms with Crippen LogP contribution in [0.25, 0.3) is 16.7 Å². The molecule has 0 unspecified atom stereocenters. The van der Waals surface area contributed by atoms with Gasteiger partial charge in [0.15, 0.2) is 11.2 Å². The van der Waals surface area contributed by atoms with Crippen LogP contribution in [0.2, 0.25) is 0 Å². The van der Waals surface area contributed by atoms with Gasteiger partial charge in [-0.15, -0.1) is 0 Å². The summed E-state index contributed by atoms with van der Waals surface area (Å²) in [6.45, 7) is 2.18. The van der Waals surface area contributed by atoms with Crippen LogP contribution in [0.5, 0.6) is 0 Å². The minimum Gasteiger partial charge on any atom is -0.408 e. The number of aryl methyl sites for hydroxylation is 2. The van der Waals surface area contributed by atoms with Crippen LogP contribution in [-0.4, -0.2) is 34.5 Å². The number of nitrogens with zero attached hydrogens (tertiary/aromatic N) is 3. The Balaban J connectivity index is 1.39. The molecule has 0 aliphatic carbocycles. The van der Waals surface area contributed by atoms with Crippen molar-refractivity contribution in [3.8, 4) is 0 Å². The molecule has 10 heteroatoms. The lowest BCUT2D eigenvalue weighted by Crippen LogP contribution is -2.25. The number of nitrogens with one attached hydrogen (secondary N) is 2. The van der Waals surface area contributed by atoms with Crippen LogP contribution in [0.15, 0.2) is 50.8 Å². The second kappa shape index (κ2) is 6.63. The SMILES string of the molecule is Cc1cc2ncc(CCCNS(=O)(=O)c3ccc4oc(=O)[nH]c4c3)cn2n1. The predicted molar refractivity (Wildman–Crippen MR) is 98.1 cm³/mol. The molecular weight excluding hydrogens is 370 g/mol. The van der Waals surface area contributed by atoms with E-state index in [1.54, 1.807) is 10.7 Å². The number of hydrogen-bond donors (Lipinski definition) is 2. The minimum atomic E-state index is -3.68. The van der Waals surface area contributed by atoms with Crippen molar-refractivity contribution >= 4 is 26.8 Å². The van der Waals surface area contributed by atoms with Gasteiger partial charge in [-0.25, -0.2) is 27.4 Å². The normalized spacial score (nSPS) is 12.2. The number of aromatic amines is 1. The molecule has 4 aromatic rings. The molecule has 0 aliphatic rings. The number of fused-ring (bicyclic) bond motifs is 2. The molecule has 3 heterocycles. The van der Waals surface area contributed by atoms with E-state index in [2.05, 4.69) is 19.8 Å². The van der Waals surface area contributed by atoms with E-state index >= 15 is 0 Å². The van der Waals surface area contributed by atoms with Crippen molar-refractivity contribution < 1.29 is 12.8 Å². The molecule has 140 valence electrons. The summed E-state index contributed by atoms with van der Waals surface area (Å²) < 4.78 is 34.0. The Morgan fingerprint density at radius 2 is 2.15 bits per heavy atom. The number of H-pyrrole nitrogens is 1. The van der Waals surface area contributed by atoms with Crippen LogP contribution in [0, 0.1) is 6.92 Å². The van der Waals surface area contributed by atoms with Gasteiger partial charge in [0, 0.05) is 25.0 Å². The zero-order valence-electron chi connectivity index (χ0n) is 14.5. The first-order valence-electron chi connectivity index (χ1n) is 8.34. The first-order valence-corrected chi connectivity index (χ1v) is 9.82. The lowest BCUT2D eigenvalue weighted by Gasteiger charge is -2.07. The molecule has 27 heavy (non-hydrogen) atoms. The van der Waals surface area contributed by atoms with Crippen LogP contribution < -0.4 is 10.5 Å². The maximum absolute atomic E-state index is 12.4. The highest BCUT2D eigenvalue weighted by atomic mass is 32.2. The summed E-state index contributed by atoms with van der Waals surface area (Å²) in [4.78, 5) is 18.0. The molecule has 2 N–H and O–H groups in total. The Hall–Kier alpha value is -2.98. The lowest BCUT2D eigenvalue weighted by atomic mass is 10.2. The van der Waals surface area contributed by atoms with Crippen molar-refractivity contribution in [3.63, 3.8) is 0 Å². The second-order valence-corrected chi connectivity index (χ2v) is 7.99. The van der Waals surface area contributed by atoms with Crippen LogP contribution in [0.1, 0.15) is 17.7 Å². The molecule has 3 aromatic heterocycles. The quantitative estimate of drug-likeness (QED) is 0.482. The number of rotatable bonds is 6. The number of benzene rings is 1. The Kier molecular flexibility index (Phi) is 4.28. The molecule has 9 nitrogen and oxygen atoms in total. The van der Waals surface area contributed by atoms with E-state index in [-0.39, 0.29) is 11.4 Å². The molecule has 0 spiro atoms. The van der Waals surface area contributed by atoms with Crippen LogP contribution in [-0.2, 0) is 16.4 Å². The van der Waals surface area contributed by atoms with Gasteiger partial charge >= 0.3 is 5.76 Å². The first-order chi connectivity index (χ1) is 12.9. The zero-order chi connectivity index (χ0) is 19.0. The van der Waals surface area contributed by atoms with Crippen molar-refractivity contribution in [1.82, 2.24) is 24.3 Å². The first kappa shape index (κ1) is 17.4. The number of hydrogen-bond acceptors (Lipinski definition) is 6. The van der Waals surface area contributed by atoms with Crippen molar-refractivity contribution in [3.05, 3.63) is 58.5 Å². The fourth-order valence-electron chi connectivity index (χ4n) is 2.84. The predicted octanol–water partition coefficient (Wildman–Crippen LogP) is 1.38. The average molecular weight is 387 g/mol. The highest BCUT2D eigenvalue weighted by Gasteiger charge is 2.15. The number of oxazole rings is 1. The van der Waals surface area contributed by atoms with Crippen molar-refractivity contribution in [1.29, 1.82) is 0 Å². The zero-order valence-corrected chi connectivity index (χ0v) is 15.3. The monoisotopic (exact) mass is 387 g/mol. The highest BCUT2D eigenvalue weighted by molar-refractivity contribution is 7.89. The van der Waals surface area contributed by atoms with Crippen molar-refractivity contribution in [2.24, 2.45) is 0 Å². The average Bonchev–Trinajstić information content (AvgIpc) is 3.17. The van der Waals surface area contributed by atoms with E-state index in [1.165, 1.54) is 18.2 Å². The van der Waals surface area contributed by atoms with E-state index in [0.29, 0.717) is 23.9 Å². The maximum Gasteiger partial charge on any atom is 0.417 e. The molecule has 0 saturated carbocycles. The third-order valence-electron chi connectivity index (χ3n) is 4.12. The molecule has 1 aromatic carbocycles. The Labute approximate surface area is 154 Å². The molecule has 0 bridgehead atoms. The van der Waals surface area contributed by atoms with E-state index < -0.39 is 15.8 Å². The summed E-state index contributed by atoms with van der Waals surface area (Å²) >= 11 is 0. The van der Waals surface area contributed by atoms with E-state index in [0.717, 1.165) is 16.9 Å². The summed E-state index contributed by atoms with van der Waals surface area (Å²) in [6.07, 6.45) is 4.94. The van der Waals surface area contributed by atoms with Gasteiger partial charge in [-0.2, -0.15) is 5.10 Å². The van der Waals surface area contributed by atoms with Gasteiger partial charge < -0.3 is 4.42 Å². The van der Waals surface area contributed by atoms with Gasteiger partial charge in [-0.1, -0.05) is 0 Å². The van der Waals surface area contributed by atoms with Crippen molar-refractivity contribution in [2.75, 3.05) is 6.54 Å². The van der Waals surface area contributed by atoms with Crippen molar-refractivity contribution in [2.45, 2.75) is 24.7 Å².